The van der Waals surface area contributed by atoms with Gasteiger partial charge in [0.25, 0.3) is 0 Å². The topological polar surface area (TPSA) is 71.4 Å². The highest BCUT2D eigenvalue weighted by molar-refractivity contribution is 5.98. The Morgan fingerprint density at radius 1 is 1.19 bits per heavy atom. The van der Waals surface area contributed by atoms with Gasteiger partial charge in [0.15, 0.2) is 5.96 Å². The Balaban J connectivity index is 1.36. The molecule has 3 heterocycles. The van der Waals surface area contributed by atoms with Crippen molar-refractivity contribution in [2.75, 3.05) is 57.3 Å². The third-order valence-electron chi connectivity index (χ3n) is 7.03. The lowest BCUT2D eigenvalue weighted by Gasteiger charge is -2.29. The first-order chi connectivity index (χ1) is 15.7. The minimum atomic E-state index is -0.114. The summed E-state index contributed by atoms with van der Waals surface area (Å²) in [5.74, 6) is 1.70. The number of carbonyl (C=O) groups excluding carboxylic acids is 1. The van der Waals surface area contributed by atoms with E-state index in [1.54, 1.807) is 0 Å². The number of aliphatic hydroxyl groups excluding tert-OH is 1. The summed E-state index contributed by atoms with van der Waals surface area (Å²) in [5, 5.41) is 13.2. The molecule has 3 aliphatic rings. The fourth-order valence-electron chi connectivity index (χ4n) is 5.21. The minimum absolute atomic E-state index is 0.114. The molecule has 0 aromatic heterocycles. The second-order valence-electron chi connectivity index (χ2n) is 9.30. The van der Waals surface area contributed by atoms with Crippen LogP contribution in [0, 0.1) is 0 Å². The monoisotopic (exact) mass is 441 g/mol. The molecular weight excluding hydrogens is 402 g/mol. The fourth-order valence-corrected chi connectivity index (χ4v) is 5.21. The van der Waals surface area contributed by atoms with Crippen molar-refractivity contribution < 1.29 is 9.90 Å². The van der Waals surface area contributed by atoms with Crippen molar-refractivity contribution >= 4 is 17.6 Å². The molecule has 7 nitrogen and oxygen atoms in total. The van der Waals surface area contributed by atoms with Crippen molar-refractivity contribution in [3.8, 4) is 0 Å². The summed E-state index contributed by atoms with van der Waals surface area (Å²) < 4.78 is 0. The van der Waals surface area contributed by atoms with Gasteiger partial charge in [-0.05, 0) is 57.2 Å². The number of piperidine rings is 1. The highest BCUT2D eigenvalue weighted by Gasteiger charge is 2.32. The van der Waals surface area contributed by atoms with Gasteiger partial charge in [0.1, 0.15) is 0 Å². The average molecular weight is 442 g/mol. The zero-order valence-corrected chi connectivity index (χ0v) is 19.5. The molecule has 1 aromatic rings. The normalized spacial score (nSPS) is 22.6. The number of guanidine groups is 1. The summed E-state index contributed by atoms with van der Waals surface area (Å²) >= 11 is 0. The number of rotatable bonds is 8. The van der Waals surface area contributed by atoms with Crippen molar-refractivity contribution in [1.82, 2.24) is 15.1 Å². The molecule has 1 atom stereocenters. The Labute approximate surface area is 192 Å². The highest BCUT2D eigenvalue weighted by Crippen LogP contribution is 2.38. The molecule has 2 fully saturated rings. The zero-order chi connectivity index (χ0) is 22.3. The van der Waals surface area contributed by atoms with E-state index in [1.807, 2.05) is 4.90 Å². The molecule has 176 valence electrons. The largest absolute Gasteiger partial charge is 0.393 e. The van der Waals surface area contributed by atoms with Gasteiger partial charge in [-0.25, -0.2) is 0 Å². The summed E-state index contributed by atoms with van der Waals surface area (Å²) in [4.78, 5) is 23.8. The standard InChI is InChI=1S/C25H39N5O2/c1-2-26-25(27-13-6-14-28-16-11-21(31)12-17-28)30-19-20(22-7-3-4-8-23(22)30)10-18-29-15-5-9-24(29)32/h3-4,7-8,20-21,31H,2,5-6,9-19H2,1H3,(H,26,27). The zero-order valence-electron chi connectivity index (χ0n) is 19.5. The number of aliphatic imine (C=N–C) groups is 1. The van der Waals surface area contributed by atoms with E-state index >= 15 is 0 Å². The van der Waals surface area contributed by atoms with E-state index in [2.05, 4.69) is 46.3 Å². The van der Waals surface area contributed by atoms with Crippen molar-refractivity contribution in [3.63, 3.8) is 0 Å². The molecule has 0 bridgehead atoms. The molecule has 32 heavy (non-hydrogen) atoms. The number of anilines is 1. The van der Waals surface area contributed by atoms with Gasteiger partial charge in [0.2, 0.25) is 5.91 Å². The lowest BCUT2D eigenvalue weighted by atomic mass is 9.98. The number of nitrogens with one attached hydrogen (secondary N) is 1. The summed E-state index contributed by atoms with van der Waals surface area (Å²) in [6.45, 7) is 9.46. The van der Waals surface area contributed by atoms with E-state index in [4.69, 9.17) is 4.99 Å². The van der Waals surface area contributed by atoms with Gasteiger partial charge in [0.05, 0.1) is 6.10 Å². The first-order valence-electron chi connectivity index (χ1n) is 12.5. The van der Waals surface area contributed by atoms with Crippen LogP contribution in [0.3, 0.4) is 0 Å². The number of para-hydroxylation sites is 1. The summed E-state index contributed by atoms with van der Waals surface area (Å²) in [6, 6.07) is 8.66. The van der Waals surface area contributed by atoms with Crippen LogP contribution in [0.25, 0.3) is 0 Å². The van der Waals surface area contributed by atoms with E-state index in [0.717, 1.165) is 90.4 Å². The Morgan fingerprint density at radius 3 is 2.75 bits per heavy atom. The Bertz CT molecular complexity index is 790. The number of carbonyl (C=O) groups is 1. The van der Waals surface area contributed by atoms with Crippen LogP contribution in [0.5, 0.6) is 0 Å². The smallest absolute Gasteiger partial charge is 0.222 e. The molecule has 7 heteroatoms. The number of amides is 1. The number of aliphatic hydroxyl groups is 1. The predicted molar refractivity (Wildman–Crippen MR) is 129 cm³/mol. The van der Waals surface area contributed by atoms with Crippen LogP contribution in [0.2, 0.25) is 0 Å². The lowest BCUT2D eigenvalue weighted by Crippen LogP contribution is -2.41. The van der Waals surface area contributed by atoms with Gasteiger partial charge in [-0.1, -0.05) is 18.2 Å². The van der Waals surface area contributed by atoms with E-state index in [1.165, 1.54) is 11.3 Å². The first-order valence-corrected chi connectivity index (χ1v) is 12.5. The maximum absolute atomic E-state index is 12.0. The van der Waals surface area contributed by atoms with Gasteiger partial charge < -0.3 is 25.1 Å². The number of hydrogen-bond acceptors (Lipinski definition) is 4. The molecule has 1 aromatic carbocycles. The van der Waals surface area contributed by atoms with Crippen LogP contribution < -0.4 is 10.2 Å². The number of benzene rings is 1. The SMILES string of the molecule is CCNC(=NCCCN1CCC(O)CC1)N1CC(CCN2CCCC2=O)c2ccccc21. The van der Waals surface area contributed by atoms with Crippen LogP contribution in [0.4, 0.5) is 5.69 Å². The molecule has 1 amide bonds. The summed E-state index contributed by atoms with van der Waals surface area (Å²) in [5.41, 5.74) is 2.62. The van der Waals surface area contributed by atoms with Crippen molar-refractivity contribution in [1.29, 1.82) is 0 Å². The minimum Gasteiger partial charge on any atom is -0.393 e. The maximum Gasteiger partial charge on any atom is 0.222 e. The Morgan fingerprint density at radius 2 is 2.00 bits per heavy atom. The van der Waals surface area contributed by atoms with Crippen LogP contribution >= 0.6 is 0 Å². The van der Waals surface area contributed by atoms with Crippen molar-refractivity contribution in [3.05, 3.63) is 29.8 Å². The van der Waals surface area contributed by atoms with Crippen molar-refractivity contribution in [2.45, 2.75) is 57.5 Å². The van der Waals surface area contributed by atoms with Gasteiger partial charge in [0, 0.05) is 63.8 Å². The van der Waals surface area contributed by atoms with E-state index in [0.29, 0.717) is 18.2 Å². The van der Waals surface area contributed by atoms with Crippen LogP contribution in [-0.4, -0.2) is 85.2 Å². The predicted octanol–water partition coefficient (Wildman–Crippen LogP) is 2.42. The third-order valence-corrected chi connectivity index (χ3v) is 7.03. The van der Waals surface area contributed by atoms with Gasteiger partial charge in [-0.3, -0.25) is 9.79 Å². The van der Waals surface area contributed by atoms with E-state index in [9.17, 15) is 9.90 Å². The van der Waals surface area contributed by atoms with Crippen LogP contribution in [-0.2, 0) is 4.79 Å². The number of hydrogen-bond donors (Lipinski definition) is 2. The average Bonchev–Trinajstić information content (AvgIpc) is 3.39. The molecule has 3 aliphatic heterocycles. The third kappa shape index (κ3) is 5.62. The quantitative estimate of drug-likeness (QED) is 0.368. The molecule has 1 unspecified atom stereocenters. The number of nitrogens with zero attached hydrogens (tertiary/aromatic N) is 4. The molecule has 0 saturated carbocycles. The van der Waals surface area contributed by atoms with Crippen molar-refractivity contribution in [2.24, 2.45) is 4.99 Å². The van der Waals surface area contributed by atoms with Gasteiger partial charge >= 0.3 is 0 Å². The lowest BCUT2D eigenvalue weighted by molar-refractivity contribution is -0.127. The van der Waals surface area contributed by atoms with Crippen LogP contribution in [0.1, 0.15) is 56.9 Å². The highest BCUT2D eigenvalue weighted by atomic mass is 16.3. The molecule has 0 aliphatic carbocycles. The summed E-state index contributed by atoms with van der Waals surface area (Å²) in [7, 11) is 0. The van der Waals surface area contributed by atoms with Gasteiger partial charge in [-0.15, -0.1) is 0 Å². The molecule has 0 spiro atoms. The van der Waals surface area contributed by atoms with Gasteiger partial charge in [-0.2, -0.15) is 0 Å². The first kappa shape index (κ1) is 23.1. The van der Waals surface area contributed by atoms with E-state index in [-0.39, 0.29) is 6.10 Å². The second-order valence-corrected chi connectivity index (χ2v) is 9.30. The Kier molecular flexibility index (Phi) is 8.03. The van der Waals surface area contributed by atoms with E-state index < -0.39 is 0 Å². The van der Waals surface area contributed by atoms with Crippen LogP contribution in [0.15, 0.2) is 29.3 Å². The molecule has 2 N–H and O–H groups in total. The summed E-state index contributed by atoms with van der Waals surface area (Å²) in [6.07, 6.45) is 5.41. The number of likely N-dealkylation sites (tertiary alicyclic amines) is 2. The molecular formula is C25H39N5O2. The molecule has 0 radical (unpaired) electrons. The number of fused-ring (bicyclic) bond motifs is 1. The second kappa shape index (κ2) is 11.1. The Hall–Kier alpha value is -2.12. The fraction of sp³-hybridized carbons (Fsp3) is 0.680. The molecule has 2 saturated heterocycles. The maximum atomic E-state index is 12.0. The molecule has 4 rings (SSSR count).